The molecule has 1 fully saturated rings. The van der Waals surface area contributed by atoms with Crippen LogP contribution in [0.5, 0.6) is 0 Å². The van der Waals surface area contributed by atoms with Crippen molar-refractivity contribution in [3.8, 4) is 0 Å². The molecule has 136 valence electrons. The zero-order valence-electron chi connectivity index (χ0n) is 13.7. The van der Waals surface area contributed by atoms with E-state index in [-0.39, 0.29) is 24.5 Å². The van der Waals surface area contributed by atoms with Gasteiger partial charge < -0.3 is 21.1 Å². The maximum atomic E-state index is 13.3. The summed E-state index contributed by atoms with van der Waals surface area (Å²) in [5.74, 6) is -2.10. The molecule has 1 aliphatic rings. The second kappa shape index (κ2) is 6.93. The molecule has 2 amide bonds. The highest BCUT2D eigenvalue weighted by Gasteiger charge is 2.51. The third-order valence-electron chi connectivity index (χ3n) is 4.23. The number of nitrogens with two attached hydrogens (primary N) is 1. The van der Waals surface area contributed by atoms with Crippen molar-refractivity contribution in [3.63, 3.8) is 0 Å². The molecule has 0 spiro atoms. The molecule has 0 aromatic heterocycles. The molecule has 1 saturated heterocycles. The van der Waals surface area contributed by atoms with E-state index in [9.17, 15) is 19.1 Å². The van der Waals surface area contributed by atoms with Gasteiger partial charge in [-0.3, -0.25) is 9.59 Å². The molecule has 1 atom stereocenters. The van der Waals surface area contributed by atoms with E-state index in [2.05, 4.69) is 5.32 Å². The minimum absolute atomic E-state index is 0.0592. The van der Waals surface area contributed by atoms with Gasteiger partial charge in [0.1, 0.15) is 5.82 Å². The van der Waals surface area contributed by atoms with E-state index in [1.807, 2.05) is 0 Å². The van der Waals surface area contributed by atoms with Crippen molar-refractivity contribution in [2.24, 2.45) is 0 Å². The van der Waals surface area contributed by atoms with E-state index in [1.165, 1.54) is 17.0 Å². The number of nitrogens with one attached hydrogen (secondary N) is 1. The Balaban J connectivity index is 1.71. The molecule has 4 N–H and O–H groups in total. The number of benzene rings is 2. The lowest BCUT2D eigenvalue weighted by Gasteiger charge is -2.22. The fraction of sp³-hybridized carbons (Fsp3) is 0.222. The first kappa shape index (κ1) is 18.2. The van der Waals surface area contributed by atoms with Crippen LogP contribution in [-0.4, -0.2) is 29.1 Å². The third kappa shape index (κ3) is 3.49. The van der Waals surface area contributed by atoms with Gasteiger partial charge in [0.25, 0.3) is 11.8 Å². The Morgan fingerprint density at radius 3 is 2.81 bits per heavy atom. The van der Waals surface area contributed by atoms with E-state index >= 15 is 0 Å². The maximum Gasteiger partial charge on any atom is 0.268 e. The molecule has 3 rings (SSSR count). The average Bonchev–Trinajstić information content (AvgIpc) is 2.88. The summed E-state index contributed by atoms with van der Waals surface area (Å²) >= 11 is 5.77. The topological polar surface area (TPSA) is 95.7 Å². The van der Waals surface area contributed by atoms with Crippen molar-refractivity contribution < 1.29 is 19.1 Å². The molecule has 2 aromatic rings. The minimum atomic E-state index is -2.18. The highest BCUT2D eigenvalue weighted by atomic mass is 35.5. The van der Waals surface area contributed by atoms with Gasteiger partial charge in [-0.25, -0.2) is 4.39 Å². The van der Waals surface area contributed by atoms with Crippen LogP contribution in [0.15, 0.2) is 42.5 Å². The first-order valence-corrected chi connectivity index (χ1v) is 8.30. The van der Waals surface area contributed by atoms with Crippen molar-refractivity contribution >= 4 is 34.8 Å². The van der Waals surface area contributed by atoms with Gasteiger partial charge in [-0.1, -0.05) is 17.7 Å². The van der Waals surface area contributed by atoms with Gasteiger partial charge in [0.2, 0.25) is 5.60 Å². The largest absolute Gasteiger partial charge is 0.399 e. The Kier molecular flexibility index (Phi) is 4.84. The van der Waals surface area contributed by atoms with Gasteiger partial charge in [0, 0.05) is 35.9 Å². The van der Waals surface area contributed by atoms with Crippen LogP contribution in [0.25, 0.3) is 0 Å². The summed E-state index contributed by atoms with van der Waals surface area (Å²) in [6.07, 6.45) is -0.0592. The second-order valence-corrected chi connectivity index (χ2v) is 6.56. The first-order valence-electron chi connectivity index (χ1n) is 7.93. The van der Waals surface area contributed by atoms with E-state index in [0.29, 0.717) is 16.9 Å². The predicted octanol–water partition coefficient (Wildman–Crippen LogP) is 1.85. The minimum Gasteiger partial charge on any atom is -0.399 e. The molecule has 0 unspecified atom stereocenters. The van der Waals surface area contributed by atoms with Gasteiger partial charge in [0.15, 0.2) is 0 Å². The number of hydrogen-bond acceptors (Lipinski definition) is 4. The van der Waals surface area contributed by atoms with E-state index < -0.39 is 23.2 Å². The maximum absolute atomic E-state index is 13.3. The second-order valence-electron chi connectivity index (χ2n) is 6.12. The van der Waals surface area contributed by atoms with Crippen molar-refractivity contribution in [1.82, 2.24) is 5.32 Å². The molecule has 6 nitrogen and oxygen atoms in total. The number of hydrogen-bond donors (Lipinski definition) is 3. The fourth-order valence-electron chi connectivity index (χ4n) is 2.90. The summed E-state index contributed by atoms with van der Waals surface area (Å²) in [5, 5.41) is 13.2. The van der Waals surface area contributed by atoms with E-state index in [0.717, 1.165) is 6.07 Å². The molecule has 8 heteroatoms. The number of halogens is 2. The molecule has 2 aromatic carbocycles. The van der Waals surface area contributed by atoms with Gasteiger partial charge in [0.05, 0.1) is 0 Å². The molecule has 1 aliphatic heterocycles. The average molecular weight is 378 g/mol. The number of anilines is 2. The summed E-state index contributed by atoms with van der Waals surface area (Å²) in [6.45, 7) is 0.113. The van der Waals surface area contributed by atoms with Crippen LogP contribution in [-0.2, 0) is 16.1 Å². The Morgan fingerprint density at radius 1 is 1.35 bits per heavy atom. The van der Waals surface area contributed by atoms with Gasteiger partial charge in [-0.2, -0.15) is 0 Å². The van der Waals surface area contributed by atoms with Crippen LogP contribution in [0.1, 0.15) is 12.0 Å². The molecule has 26 heavy (non-hydrogen) atoms. The van der Waals surface area contributed by atoms with Crippen LogP contribution in [0, 0.1) is 5.82 Å². The summed E-state index contributed by atoms with van der Waals surface area (Å²) < 4.78 is 13.3. The smallest absolute Gasteiger partial charge is 0.268 e. The number of nitrogens with zero attached hydrogens (tertiary/aromatic N) is 1. The van der Waals surface area contributed by atoms with Crippen LogP contribution in [0.3, 0.4) is 0 Å². The summed E-state index contributed by atoms with van der Waals surface area (Å²) in [7, 11) is 0. The lowest BCUT2D eigenvalue weighted by molar-refractivity contribution is -0.149. The standard InChI is InChI=1S/C18H17ClFN3O3/c19-12-6-11(7-13(20)8-12)10-22-16(24)18(26)4-5-23(17(18)25)15-3-1-2-14(21)9-15/h1-3,6-9,26H,4-5,10,21H2,(H,22,24)/t18-/m1/s1. The van der Waals surface area contributed by atoms with Gasteiger partial charge in [-0.15, -0.1) is 0 Å². The highest BCUT2D eigenvalue weighted by Crippen LogP contribution is 2.29. The lowest BCUT2D eigenvalue weighted by atomic mass is 10.0. The number of carbonyl (C=O) groups excluding carboxylic acids is 2. The molecular weight excluding hydrogens is 361 g/mol. The Hall–Kier alpha value is -2.64. The van der Waals surface area contributed by atoms with Crippen molar-refractivity contribution in [2.45, 2.75) is 18.6 Å². The molecule has 1 heterocycles. The van der Waals surface area contributed by atoms with Crippen LogP contribution in [0.2, 0.25) is 5.02 Å². The Labute approximate surface area is 154 Å². The monoisotopic (exact) mass is 377 g/mol. The summed E-state index contributed by atoms with van der Waals surface area (Å²) in [4.78, 5) is 26.3. The lowest BCUT2D eigenvalue weighted by Crippen LogP contribution is -2.52. The first-order chi connectivity index (χ1) is 12.3. The van der Waals surface area contributed by atoms with E-state index in [1.54, 1.807) is 24.3 Å². The summed E-state index contributed by atoms with van der Waals surface area (Å²) in [5.41, 5.74) is 4.94. The van der Waals surface area contributed by atoms with Gasteiger partial charge in [-0.05, 0) is 42.0 Å². The normalized spacial score (nSPS) is 19.7. The Bertz CT molecular complexity index is 856. The van der Waals surface area contributed by atoms with Crippen molar-refractivity contribution in [2.75, 3.05) is 17.2 Å². The number of aliphatic hydroxyl groups is 1. The number of rotatable bonds is 4. The number of nitrogen functional groups attached to an aromatic ring is 1. The molecular formula is C18H17ClFN3O3. The zero-order valence-corrected chi connectivity index (χ0v) is 14.5. The van der Waals surface area contributed by atoms with Crippen molar-refractivity contribution in [1.29, 1.82) is 0 Å². The quantitative estimate of drug-likeness (QED) is 0.559. The molecule has 0 saturated carbocycles. The molecule has 0 bridgehead atoms. The SMILES string of the molecule is Nc1cccc(N2CC[C@@](O)(C(=O)NCc3cc(F)cc(Cl)c3)C2=O)c1. The molecule has 0 radical (unpaired) electrons. The summed E-state index contributed by atoms with van der Waals surface area (Å²) in [6, 6.07) is 10.5. The third-order valence-corrected chi connectivity index (χ3v) is 4.45. The zero-order chi connectivity index (χ0) is 18.9. The number of amides is 2. The van der Waals surface area contributed by atoms with Crippen LogP contribution < -0.4 is 16.0 Å². The highest BCUT2D eigenvalue weighted by molar-refractivity contribution is 6.30. The Morgan fingerprint density at radius 2 is 2.12 bits per heavy atom. The fourth-order valence-corrected chi connectivity index (χ4v) is 3.14. The van der Waals surface area contributed by atoms with Crippen LogP contribution >= 0.6 is 11.6 Å². The number of carbonyl (C=O) groups is 2. The van der Waals surface area contributed by atoms with Crippen molar-refractivity contribution in [3.05, 3.63) is 58.9 Å². The van der Waals surface area contributed by atoms with Gasteiger partial charge >= 0.3 is 0 Å². The predicted molar refractivity (Wildman–Crippen MR) is 96.0 cm³/mol. The van der Waals surface area contributed by atoms with E-state index in [4.69, 9.17) is 17.3 Å². The molecule has 0 aliphatic carbocycles. The van der Waals surface area contributed by atoms with Crippen LogP contribution in [0.4, 0.5) is 15.8 Å².